The molecule has 19 heavy (non-hydrogen) atoms. The van der Waals surface area contributed by atoms with E-state index in [4.69, 9.17) is 4.74 Å². The third-order valence-corrected chi connectivity index (χ3v) is 3.89. The van der Waals surface area contributed by atoms with Crippen LogP contribution < -0.4 is 5.32 Å². The third kappa shape index (κ3) is 5.69. The Bertz CT molecular complexity index is 256. The standard InChI is InChI=1S/C14H26F3NO/c1-4-19-9-13(10(2)3)18-12-7-5-6-11(8-12)14(15,16)17/h10-13,18H,4-9H2,1-3H3. The van der Waals surface area contributed by atoms with E-state index < -0.39 is 12.1 Å². The molecule has 0 heterocycles. The van der Waals surface area contributed by atoms with E-state index in [0.29, 0.717) is 25.6 Å². The molecule has 114 valence electrons. The number of nitrogens with one attached hydrogen (secondary N) is 1. The van der Waals surface area contributed by atoms with E-state index in [9.17, 15) is 13.2 Å². The van der Waals surface area contributed by atoms with E-state index in [2.05, 4.69) is 19.2 Å². The molecule has 0 aromatic carbocycles. The van der Waals surface area contributed by atoms with E-state index in [-0.39, 0.29) is 24.9 Å². The summed E-state index contributed by atoms with van der Waals surface area (Å²) >= 11 is 0. The van der Waals surface area contributed by atoms with Crippen LogP contribution in [0.1, 0.15) is 46.5 Å². The molecular weight excluding hydrogens is 255 g/mol. The summed E-state index contributed by atoms with van der Waals surface area (Å²) in [7, 11) is 0. The minimum Gasteiger partial charge on any atom is -0.380 e. The summed E-state index contributed by atoms with van der Waals surface area (Å²) in [6, 6.07) is 0.102. The van der Waals surface area contributed by atoms with E-state index in [1.165, 1.54) is 0 Å². The quantitative estimate of drug-likeness (QED) is 0.800. The molecule has 1 saturated carbocycles. The van der Waals surface area contributed by atoms with Crippen molar-refractivity contribution in [1.29, 1.82) is 0 Å². The van der Waals surface area contributed by atoms with Crippen molar-refractivity contribution >= 4 is 0 Å². The average Bonchev–Trinajstić information content (AvgIpc) is 2.33. The molecule has 0 aromatic heterocycles. The fraction of sp³-hybridized carbons (Fsp3) is 1.00. The summed E-state index contributed by atoms with van der Waals surface area (Å²) in [6.45, 7) is 7.28. The number of ether oxygens (including phenoxy) is 1. The number of alkyl halides is 3. The molecule has 3 atom stereocenters. The molecule has 0 saturated heterocycles. The fourth-order valence-electron chi connectivity index (χ4n) is 2.62. The first-order chi connectivity index (χ1) is 8.84. The fourth-order valence-corrected chi connectivity index (χ4v) is 2.62. The molecule has 3 unspecified atom stereocenters. The molecule has 5 heteroatoms. The number of hydrogen-bond acceptors (Lipinski definition) is 2. The highest BCUT2D eigenvalue weighted by Gasteiger charge is 2.42. The number of rotatable bonds is 6. The Morgan fingerprint density at radius 3 is 2.47 bits per heavy atom. The molecule has 0 spiro atoms. The minimum absolute atomic E-state index is 0.0340. The molecule has 0 amide bonds. The van der Waals surface area contributed by atoms with Crippen molar-refractivity contribution < 1.29 is 17.9 Å². The third-order valence-electron chi connectivity index (χ3n) is 3.89. The lowest BCUT2D eigenvalue weighted by Gasteiger charge is -2.34. The summed E-state index contributed by atoms with van der Waals surface area (Å²) in [5.74, 6) is -0.781. The monoisotopic (exact) mass is 281 g/mol. The predicted octanol–water partition coefficient (Wildman–Crippen LogP) is 3.76. The lowest BCUT2D eigenvalue weighted by atomic mass is 9.84. The SMILES string of the molecule is CCOCC(NC1CCCC(C(F)(F)F)C1)C(C)C. The Labute approximate surface area is 114 Å². The van der Waals surface area contributed by atoms with Gasteiger partial charge in [0.05, 0.1) is 12.5 Å². The normalized spacial score (nSPS) is 26.7. The lowest BCUT2D eigenvalue weighted by Crippen LogP contribution is -2.47. The largest absolute Gasteiger partial charge is 0.391 e. The van der Waals surface area contributed by atoms with Gasteiger partial charge in [-0.05, 0) is 32.1 Å². The molecule has 0 radical (unpaired) electrons. The zero-order valence-corrected chi connectivity index (χ0v) is 12.1. The van der Waals surface area contributed by atoms with Crippen LogP contribution >= 0.6 is 0 Å². The second-order valence-corrected chi connectivity index (χ2v) is 5.78. The Balaban J connectivity index is 2.49. The zero-order chi connectivity index (χ0) is 14.5. The number of hydrogen-bond donors (Lipinski definition) is 1. The predicted molar refractivity (Wildman–Crippen MR) is 70.1 cm³/mol. The lowest BCUT2D eigenvalue weighted by molar-refractivity contribution is -0.184. The summed E-state index contributed by atoms with van der Waals surface area (Å²) in [5.41, 5.74) is 0. The molecule has 0 bridgehead atoms. The molecule has 1 aliphatic carbocycles. The first-order valence-electron chi connectivity index (χ1n) is 7.25. The van der Waals surface area contributed by atoms with Crippen LogP contribution in [-0.2, 0) is 4.74 Å². The average molecular weight is 281 g/mol. The van der Waals surface area contributed by atoms with Gasteiger partial charge in [0.15, 0.2) is 0 Å². The maximum atomic E-state index is 12.8. The van der Waals surface area contributed by atoms with E-state index >= 15 is 0 Å². The van der Waals surface area contributed by atoms with E-state index in [1.807, 2.05) is 6.92 Å². The molecule has 1 fully saturated rings. The van der Waals surface area contributed by atoms with Gasteiger partial charge in [0.2, 0.25) is 0 Å². The molecule has 1 aliphatic rings. The Kier molecular flexibility index (Phi) is 6.60. The summed E-state index contributed by atoms with van der Waals surface area (Å²) in [6.07, 6.45) is -2.07. The van der Waals surface area contributed by atoms with Gasteiger partial charge >= 0.3 is 6.18 Å². The Morgan fingerprint density at radius 2 is 1.95 bits per heavy atom. The minimum atomic E-state index is -4.05. The van der Waals surface area contributed by atoms with Gasteiger partial charge in [-0.15, -0.1) is 0 Å². The summed E-state index contributed by atoms with van der Waals surface area (Å²) < 4.78 is 43.7. The van der Waals surface area contributed by atoms with Gasteiger partial charge in [0.25, 0.3) is 0 Å². The number of halogens is 3. The van der Waals surface area contributed by atoms with Gasteiger partial charge in [0.1, 0.15) is 0 Å². The van der Waals surface area contributed by atoms with Crippen LogP contribution in [0.25, 0.3) is 0 Å². The van der Waals surface area contributed by atoms with E-state index in [0.717, 1.165) is 6.42 Å². The smallest absolute Gasteiger partial charge is 0.380 e. The highest BCUT2D eigenvalue weighted by atomic mass is 19.4. The van der Waals surface area contributed by atoms with Gasteiger partial charge in [-0.1, -0.05) is 20.3 Å². The van der Waals surface area contributed by atoms with Crippen LogP contribution in [-0.4, -0.2) is 31.5 Å². The van der Waals surface area contributed by atoms with Gasteiger partial charge in [-0.2, -0.15) is 13.2 Å². The van der Waals surface area contributed by atoms with Crippen molar-refractivity contribution in [3.05, 3.63) is 0 Å². The summed E-state index contributed by atoms with van der Waals surface area (Å²) in [4.78, 5) is 0. The Hall–Kier alpha value is -0.290. The van der Waals surface area contributed by atoms with Crippen LogP contribution in [0.15, 0.2) is 0 Å². The first kappa shape index (κ1) is 16.8. The maximum Gasteiger partial charge on any atom is 0.391 e. The van der Waals surface area contributed by atoms with Crippen molar-refractivity contribution in [3.63, 3.8) is 0 Å². The zero-order valence-electron chi connectivity index (χ0n) is 12.1. The van der Waals surface area contributed by atoms with Crippen LogP contribution in [0, 0.1) is 11.8 Å². The van der Waals surface area contributed by atoms with Crippen molar-refractivity contribution in [3.8, 4) is 0 Å². The maximum absolute atomic E-state index is 12.8. The second-order valence-electron chi connectivity index (χ2n) is 5.78. The Morgan fingerprint density at radius 1 is 1.26 bits per heavy atom. The topological polar surface area (TPSA) is 21.3 Å². The van der Waals surface area contributed by atoms with E-state index in [1.54, 1.807) is 0 Å². The molecular formula is C14H26F3NO. The van der Waals surface area contributed by atoms with Gasteiger partial charge in [-0.3, -0.25) is 0 Å². The van der Waals surface area contributed by atoms with Crippen LogP contribution in [0.4, 0.5) is 13.2 Å². The summed E-state index contributed by atoms with van der Waals surface area (Å²) in [5, 5.41) is 3.37. The second kappa shape index (κ2) is 7.48. The van der Waals surface area contributed by atoms with Crippen LogP contribution in [0.5, 0.6) is 0 Å². The van der Waals surface area contributed by atoms with Gasteiger partial charge in [0, 0.05) is 18.7 Å². The first-order valence-corrected chi connectivity index (χ1v) is 7.25. The van der Waals surface area contributed by atoms with Gasteiger partial charge < -0.3 is 10.1 Å². The van der Waals surface area contributed by atoms with Crippen molar-refractivity contribution in [1.82, 2.24) is 5.32 Å². The van der Waals surface area contributed by atoms with Crippen molar-refractivity contribution in [2.45, 2.75) is 64.7 Å². The highest BCUT2D eigenvalue weighted by molar-refractivity contribution is 4.85. The highest BCUT2D eigenvalue weighted by Crippen LogP contribution is 2.37. The molecule has 2 nitrogen and oxygen atoms in total. The van der Waals surface area contributed by atoms with Crippen molar-refractivity contribution in [2.24, 2.45) is 11.8 Å². The molecule has 0 aromatic rings. The molecule has 0 aliphatic heterocycles. The molecule has 1 rings (SSSR count). The van der Waals surface area contributed by atoms with Gasteiger partial charge in [-0.25, -0.2) is 0 Å². The van der Waals surface area contributed by atoms with Crippen LogP contribution in [0.2, 0.25) is 0 Å². The molecule has 1 N–H and O–H groups in total. The van der Waals surface area contributed by atoms with Crippen LogP contribution in [0.3, 0.4) is 0 Å². The van der Waals surface area contributed by atoms with Crippen molar-refractivity contribution in [2.75, 3.05) is 13.2 Å².